The Morgan fingerprint density at radius 2 is 1.85 bits per heavy atom. The van der Waals surface area contributed by atoms with Gasteiger partial charge >= 0.3 is 0 Å². The number of nitrogens with zero attached hydrogens (tertiary/aromatic N) is 7. The van der Waals surface area contributed by atoms with Crippen LogP contribution in [-0.2, 0) is 0 Å². The molecule has 10 nitrogen and oxygen atoms in total. The van der Waals surface area contributed by atoms with Gasteiger partial charge in [0.2, 0.25) is 6.79 Å². The van der Waals surface area contributed by atoms with Crippen molar-refractivity contribution in [3.8, 4) is 17.4 Å². The molecule has 0 bridgehead atoms. The van der Waals surface area contributed by atoms with Gasteiger partial charge in [0, 0.05) is 11.3 Å². The molecule has 132 valence electrons. The monoisotopic (exact) mass is 352 g/mol. The number of hydrogen-bond donors (Lipinski definition) is 1. The van der Waals surface area contributed by atoms with E-state index in [1.54, 1.807) is 4.68 Å². The first-order chi connectivity index (χ1) is 12.6. The molecule has 0 atom stereocenters. The molecule has 2 aromatic heterocycles. The highest BCUT2D eigenvalue weighted by Crippen LogP contribution is 2.32. The van der Waals surface area contributed by atoms with Crippen molar-refractivity contribution < 1.29 is 9.47 Å². The molecule has 0 saturated carbocycles. The van der Waals surface area contributed by atoms with E-state index in [9.17, 15) is 0 Å². The molecule has 3 aromatic rings. The van der Waals surface area contributed by atoms with Crippen molar-refractivity contribution in [3.63, 3.8) is 0 Å². The smallest absolute Gasteiger partial charge is 0.289 e. The Hall–Kier alpha value is -3.56. The molecule has 0 unspecified atom stereocenters. The van der Waals surface area contributed by atoms with Gasteiger partial charge in [0.1, 0.15) is 0 Å². The molecule has 3 heterocycles. The normalized spacial score (nSPS) is 13.1. The van der Waals surface area contributed by atoms with E-state index in [1.807, 2.05) is 45.0 Å². The molecular formula is C16H16N8O2. The summed E-state index contributed by atoms with van der Waals surface area (Å²) in [6.07, 6.45) is 0. The molecule has 0 saturated heterocycles. The van der Waals surface area contributed by atoms with Crippen molar-refractivity contribution in [2.45, 2.75) is 20.8 Å². The number of nitrogens with one attached hydrogen (secondary N) is 1. The second-order valence-corrected chi connectivity index (χ2v) is 5.74. The zero-order valence-electron chi connectivity index (χ0n) is 14.5. The average Bonchev–Trinajstić information content (AvgIpc) is 3.25. The summed E-state index contributed by atoms with van der Waals surface area (Å²) >= 11 is 0. The van der Waals surface area contributed by atoms with Crippen LogP contribution >= 0.6 is 0 Å². The van der Waals surface area contributed by atoms with Crippen molar-refractivity contribution in [2.24, 2.45) is 5.10 Å². The number of fused-ring (bicyclic) bond motifs is 1. The minimum absolute atomic E-state index is 0.190. The zero-order chi connectivity index (χ0) is 18.1. The highest BCUT2D eigenvalue weighted by atomic mass is 16.7. The van der Waals surface area contributed by atoms with E-state index in [0.29, 0.717) is 11.7 Å². The Morgan fingerprint density at radius 3 is 2.58 bits per heavy atom. The summed E-state index contributed by atoms with van der Waals surface area (Å²) in [5.74, 6) is 1.92. The van der Waals surface area contributed by atoms with Crippen LogP contribution in [0.2, 0.25) is 0 Å². The maximum Gasteiger partial charge on any atom is 0.289 e. The van der Waals surface area contributed by atoms with Crippen LogP contribution in [0, 0.1) is 13.8 Å². The van der Waals surface area contributed by atoms with E-state index >= 15 is 0 Å². The highest BCUT2D eigenvalue weighted by molar-refractivity contribution is 5.99. The number of aryl methyl sites for hydroxylation is 2. The third-order valence-electron chi connectivity index (χ3n) is 3.78. The second kappa shape index (κ2) is 6.39. The Labute approximate surface area is 148 Å². The lowest BCUT2D eigenvalue weighted by molar-refractivity contribution is 0.174. The lowest BCUT2D eigenvalue weighted by Crippen LogP contribution is -2.10. The lowest BCUT2D eigenvalue weighted by Gasteiger charge is -2.04. The van der Waals surface area contributed by atoms with Crippen LogP contribution in [-0.4, -0.2) is 42.7 Å². The van der Waals surface area contributed by atoms with E-state index in [0.717, 1.165) is 28.4 Å². The molecule has 26 heavy (non-hydrogen) atoms. The van der Waals surface area contributed by atoms with Gasteiger partial charge in [-0.15, -0.1) is 20.4 Å². The van der Waals surface area contributed by atoms with Crippen molar-refractivity contribution in [2.75, 3.05) is 12.2 Å². The fraction of sp³-hybridized carbons (Fsp3) is 0.250. The highest BCUT2D eigenvalue weighted by Gasteiger charge is 2.14. The summed E-state index contributed by atoms with van der Waals surface area (Å²) in [6, 6.07) is 7.54. The molecule has 0 amide bonds. The van der Waals surface area contributed by atoms with Gasteiger partial charge in [-0.3, -0.25) is 0 Å². The van der Waals surface area contributed by atoms with E-state index in [1.165, 1.54) is 0 Å². The summed E-state index contributed by atoms with van der Waals surface area (Å²) in [5.41, 5.74) is 6.15. The number of anilines is 1. The third-order valence-corrected chi connectivity index (χ3v) is 3.78. The first-order valence-electron chi connectivity index (χ1n) is 7.91. The lowest BCUT2D eigenvalue weighted by atomic mass is 10.1. The maximum atomic E-state index is 5.37. The van der Waals surface area contributed by atoms with Gasteiger partial charge in [-0.1, -0.05) is 0 Å². The predicted molar refractivity (Wildman–Crippen MR) is 92.6 cm³/mol. The molecule has 4 rings (SSSR count). The average molecular weight is 352 g/mol. The summed E-state index contributed by atoms with van der Waals surface area (Å²) < 4.78 is 12.3. The fourth-order valence-electron chi connectivity index (χ4n) is 2.50. The standard InChI is InChI=1S/C16H16N8O2/c1-9-6-10(2)24(23-9)16-21-19-15(20-22-16)18-17-11(3)12-4-5-13-14(7-12)26-8-25-13/h4-7H,8H2,1-3H3,(H,18,19,20)/b17-11+. The zero-order valence-corrected chi connectivity index (χ0v) is 14.5. The van der Waals surface area contributed by atoms with Crippen LogP contribution in [0.5, 0.6) is 11.5 Å². The Balaban J connectivity index is 1.49. The number of benzene rings is 1. The minimum Gasteiger partial charge on any atom is -0.454 e. The van der Waals surface area contributed by atoms with Gasteiger partial charge in [0.05, 0.1) is 11.4 Å². The number of hydrazone groups is 1. The molecule has 1 aliphatic heterocycles. The van der Waals surface area contributed by atoms with Crippen molar-refractivity contribution in [1.29, 1.82) is 0 Å². The van der Waals surface area contributed by atoms with Crippen LogP contribution < -0.4 is 14.9 Å². The number of aromatic nitrogens is 6. The third kappa shape index (κ3) is 3.04. The number of hydrogen-bond acceptors (Lipinski definition) is 9. The van der Waals surface area contributed by atoms with Gasteiger partial charge in [-0.25, -0.2) is 10.1 Å². The van der Waals surface area contributed by atoms with E-state index in [4.69, 9.17) is 9.47 Å². The maximum absolute atomic E-state index is 5.37. The molecule has 0 aliphatic carbocycles. The number of ether oxygens (including phenoxy) is 2. The van der Waals surface area contributed by atoms with Crippen molar-refractivity contribution in [1.82, 2.24) is 30.2 Å². The van der Waals surface area contributed by atoms with Crippen molar-refractivity contribution in [3.05, 3.63) is 41.2 Å². The Morgan fingerprint density at radius 1 is 1.08 bits per heavy atom. The fourth-order valence-corrected chi connectivity index (χ4v) is 2.50. The topological polar surface area (TPSA) is 112 Å². The molecule has 0 fully saturated rings. The van der Waals surface area contributed by atoms with Crippen LogP contribution in [0.4, 0.5) is 5.95 Å². The number of rotatable bonds is 4. The first-order valence-corrected chi connectivity index (χ1v) is 7.91. The minimum atomic E-state index is 0.190. The van der Waals surface area contributed by atoms with Gasteiger partial charge in [-0.05, 0) is 45.0 Å². The largest absolute Gasteiger partial charge is 0.454 e. The first kappa shape index (κ1) is 15.9. The van der Waals surface area contributed by atoms with Crippen LogP contribution in [0.3, 0.4) is 0 Å². The van der Waals surface area contributed by atoms with Crippen LogP contribution in [0.1, 0.15) is 23.9 Å². The molecule has 0 spiro atoms. The van der Waals surface area contributed by atoms with Crippen molar-refractivity contribution >= 4 is 11.7 Å². The second-order valence-electron chi connectivity index (χ2n) is 5.74. The molecule has 0 radical (unpaired) electrons. The molecule has 10 heteroatoms. The molecule has 1 aromatic carbocycles. The van der Waals surface area contributed by atoms with Gasteiger partial charge < -0.3 is 9.47 Å². The van der Waals surface area contributed by atoms with E-state index in [-0.39, 0.29) is 12.7 Å². The summed E-state index contributed by atoms with van der Waals surface area (Å²) in [6.45, 7) is 5.90. The summed E-state index contributed by atoms with van der Waals surface area (Å²) in [7, 11) is 0. The quantitative estimate of drug-likeness (QED) is 0.557. The Kier molecular flexibility index (Phi) is 3.92. The summed E-state index contributed by atoms with van der Waals surface area (Å²) in [5, 5.41) is 24.6. The molecular weight excluding hydrogens is 336 g/mol. The van der Waals surface area contributed by atoms with Gasteiger partial charge in [-0.2, -0.15) is 10.2 Å². The predicted octanol–water partition coefficient (Wildman–Crippen LogP) is 1.63. The summed E-state index contributed by atoms with van der Waals surface area (Å²) in [4.78, 5) is 0. The van der Waals surface area contributed by atoms with Crippen LogP contribution in [0.25, 0.3) is 5.95 Å². The molecule has 1 aliphatic rings. The van der Waals surface area contributed by atoms with E-state index < -0.39 is 0 Å². The van der Waals surface area contributed by atoms with E-state index in [2.05, 4.69) is 36.0 Å². The van der Waals surface area contributed by atoms with Crippen LogP contribution in [0.15, 0.2) is 29.4 Å². The molecule has 1 N–H and O–H groups in total. The van der Waals surface area contributed by atoms with Gasteiger partial charge in [0.15, 0.2) is 11.5 Å². The SMILES string of the molecule is C/C(=N\Nc1nnc(-n2nc(C)cc2C)nn1)c1ccc2c(c1)OCO2. The van der Waals surface area contributed by atoms with Gasteiger partial charge in [0.25, 0.3) is 11.9 Å². The Bertz CT molecular complexity index is 980.